The Morgan fingerprint density at radius 3 is 1.32 bits per heavy atom. The zero-order chi connectivity index (χ0) is 43.0. The summed E-state index contributed by atoms with van der Waals surface area (Å²) in [5, 5.41) is 21.6. The maximum Gasteiger partial charge on any atom is 0.306 e. The highest BCUT2D eigenvalue weighted by Crippen LogP contribution is 2.38. The van der Waals surface area contributed by atoms with Crippen molar-refractivity contribution >= 4 is 35.5 Å². The van der Waals surface area contributed by atoms with Crippen LogP contribution >= 0.6 is 23.5 Å². The molecule has 0 aromatic rings. The lowest BCUT2D eigenvalue weighted by Crippen LogP contribution is -2.53. The van der Waals surface area contributed by atoms with Gasteiger partial charge in [-0.05, 0) is 77.0 Å². The van der Waals surface area contributed by atoms with Crippen LogP contribution in [0.3, 0.4) is 0 Å². The molecule has 0 aromatic heterocycles. The molecule has 352 valence electrons. The van der Waals surface area contributed by atoms with Gasteiger partial charge in [0.05, 0.1) is 31.8 Å². The molecule has 3 rings (SSSR count). The van der Waals surface area contributed by atoms with Crippen molar-refractivity contribution in [3.8, 4) is 0 Å². The van der Waals surface area contributed by atoms with E-state index >= 15 is 0 Å². The molecule has 2 aliphatic carbocycles. The van der Waals surface area contributed by atoms with Crippen molar-refractivity contribution in [2.24, 2.45) is 5.41 Å². The van der Waals surface area contributed by atoms with E-state index in [1.807, 2.05) is 23.5 Å². The van der Waals surface area contributed by atoms with Crippen molar-refractivity contribution in [3.05, 3.63) is 0 Å². The number of aliphatic hydroxyl groups excluding tert-OH is 2. The average molecular weight is 885 g/mol. The molecule has 0 radical (unpaired) electrons. The van der Waals surface area contributed by atoms with Crippen LogP contribution in [0.5, 0.6) is 0 Å². The van der Waals surface area contributed by atoms with Crippen LogP contribution in [-0.4, -0.2) is 88.6 Å². The minimum Gasteiger partial charge on any atom is -0.461 e. The molecule has 0 bridgehead atoms. The molecule has 0 aromatic carbocycles. The second-order valence-corrected chi connectivity index (χ2v) is 21.6. The number of hydrogen-bond acceptors (Lipinski definition) is 10. The van der Waals surface area contributed by atoms with Gasteiger partial charge >= 0.3 is 11.9 Å². The SMILES string of the molecule is CCCCCCCCCC(=O)OC(CCCCC1(CCCCC(CSC2CCCCC2)OC(=O)CCCCCCCCC)OCC(CO)(CO)CO1)CSC1CCCCC1. The molecule has 2 saturated carbocycles. The normalized spacial score (nSPS) is 19.5. The van der Waals surface area contributed by atoms with Crippen molar-refractivity contribution in [3.63, 3.8) is 0 Å². The largest absolute Gasteiger partial charge is 0.461 e. The summed E-state index contributed by atoms with van der Waals surface area (Å²) in [6, 6.07) is 0. The molecule has 1 saturated heterocycles. The lowest BCUT2D eigenvalue weighted by molar-refractivity contribution is -0.318. The third-order valence-electron chi connectivity index (χ3n) is 13.3. The first-order valence-corrected chi connectivity index (χ1v) is 27.6. The lowest BCUT2D eigenvalue weighted by atomic mass is 9.89. The Morgan fingerprint density at radius 2 is 0.933 bits per heavy atom. The van der Waals surface area contributed by atoms with E-state index in [0.717, 1.165) is 75.7 Å². The van der Waals surface area contributed by atoms with Crippen LogP contribution in [0.15, 0.2) is 0 Å². The highest BCUT2D eigenvalue weighted by Gasteiger charge is 2.44. The molecule has 0 spiro atoms. The first kappa shape index (κ1) is 53.8. The molecule has 1 aliphatic heterocycles. The van der Waals surface area contributed by atoms with Gasteiger partial charge in [0.1, 0.15) is 12.2 Å². The first-order valence-electron chi connectivity index (χ1n) is 25.5. The minimum atomic E-state index is -0.792. The van der Waals surface area contributed by atoms with Crippen molar-refractivity contribution in [2.75, 3.05) is 37.9 Å². The van der Waals surface area contributed by atoms with E-state index in [1.54, 1.807) is 0 Å². The number of esters is 2. The fraction of sp³-hybridized carbons (Fsp3) is 0.960. The van der Waals surface area contributed by atoms with Gasteiger partial charge in [-0.1, -0.05) is 129 Å². The molecule has 10 heteroatoms. The first-order chi connectivity index (χ1) is 29.3. The molecule has 1 heterocycles. The van der Waals surface area contributed by atoms with E-state index in [1.165, 1.54) is 128 Å². The van der Waals surface area contributed by atoms with E-state index in [9.17, 15) is 19.8 Å². The van der Waals surface area contributed by atoms with Gasteiger partial charge in [0, 0.05) is 47.7 Å². The standard InChI is InChI=1S/C50H92O8S2/c1-3-5-7-9-11-13-21-33-47(53)57-43(37-59-45-29-17-15-18-30-45)27-23-25-35-50(55-41-49(39-51,40-52)42-56-50)36-26-24-28-44(38-60-46-31-19-16-20-32-46)58-48(54)34-22-14-12-10-8-6-4-2/h43-46,51-52H,3-42H2,1-2H3. The lowest BCUT2D eigenvalue weighted by Gasteiger charge is -2.45. The molecule has 2 atom stereocenters. The number of rotatable bonds is 36. The van der Waals surface area contributed by atoms with Crippen molar-refractivity contribution in [2.45, 2.75) is 261 Å². The summed E-state index contributed by atoms with van der Waals surface area (Å²) in [6.07, 6.45) is 37.1. The van der Waals surface area contributed by atoms with E-state index in [4.69, 9.17) is 18.9 Å². The smallest absolute Gasteiger partial charge is 0.306 e. The van der Waals surface area contributed by atoms with Crippen molar-refractivity contribution in [1.82, 2.24) is 0 Å². The third-order valence-corrected chi connectivity index (χ3v) is 16.3. The van der Waals surface area contributed by atoms with Crippen LogP contribution in [0, 0.1) is 5.41 Å². The maximum absolute atomic E-state index is 13.0. The predicted octanol–water partition coefficient (Wildman–Crippen LogP) is 13.1. The highest BCUT2D eigenvalue weighted by molar-refractivity contribution is 8.00. The van der Waals surface area contributed by atoms with E-state index < -0.39 is 11.2 Å². The summed E-state index contributed by atoms with van der Waals surface area (Å²) in [7, 11) is 0. The number of carbonyl (C=O) groups excluding carboxylic acids is 2. The number of thioether (sulfide) groups is 2. The van der Waals surface area contributed by atoms with E-state index in [0.29, 0.717) is 36.2 Å². The van der Waals surface area contributed by atoms with Crippen LogP contribution < -0.4 is 0 Å². The molecular weight excluding hydrogens is 793 g/mol. The molecule has 3 fully saturated rings. The second-order valence-electron chi connectivity index (χ2n) is 18.9. The number of hydrogen-bond donors (Lipinski definition) is 2. The fourth-order valence-electron chi connectivity index (χ4n) is 9.08. The third kappa shape index (κ3) is 24.0. The van der Waals surface area contributed by atoms with Gasteiger partial charge in [0.25, 0.3) is 0 Å². The summed E-state index contributed by atoms with van der Waals surface area (Å²) >= 11 is 4.02. The number of ether oxygens (including phenoxy) is 4. The Bertz CT molecular complexity index is 983. The Hall–Kier alpha value is -0.520. The van der Waals surface area contributed by atoms with Crippen LogP contribution in [0.25, 0.3) is 0 Å². The molecule has 60 heavy (non-hydrogen) atoms. The molecule has 2 unspecified atom stereocenters. The van der Waals surface area contributed by atoms with Gasteiger partial charge in [-0.15, -0.1) is 0 Å². The summed E-state index contributed by atoms with van der Waals surface area (Å²) in [5.41, 5.74) is -0.792. The summed E-state index contributed by atoms with van der Waals surface area (Å²) in [6.45, 7) is 4.62. The van der Waals surface area contributed by atoms with E-state index in [-0.39, 0.29) is 50.6 Å². The summed E-state index contributed by atoms with van der Waals surface area (Å²) < 4.78 is 25.4. The van der Waals surface area contributed by atoms with Gasteiger partial charge < -0.3 is 29.2 Å². The summed E-state index contributed by atoms with van der Waals surface area (Å²) in [5.74, 6) is 0.859. The van der Waals surface area contributed by atoms with Gasteiger partial charge in [-0.3, -0.25) is 9.59 Å². The zero-order valence-electron chi connectivity index (χ0n) is 38.8. The van der Waals surface area contributed by atoms with Crippen LogP contribution in [-0.2, 0) is 28.5 Å². The maximum atomic E-state index is 13.0. The Balaban J connectivity index is 1.52. The van der Waals surface area contributed by atoms with Gasteiger partial charge in [-0.25, -0.2) is 0 Å². The molecule has 3 aliphatic rings. The molecular formula is C50H92O8S2. The van der Waals surface area contributed by atoms with Gasteiger partial charge in [0.15, 0.2) is 5.79 Å². The summed E-state index contributed by atoms with van der Waals surface area (Å²) in [4.78, 5) is 26.0. The van der Waals surface area contributed by atoms with Crippen molar-refractivity contribution < 1.29 is 38.7 Å². The van der Waals surface area contributed by atoms with Gasteiger partial charge in [-0.2, -0.15) is 23.5 Å². The predicted molar refractivity (Wildman–Crippen MR) is 252 cm³/mol. The molecule has 0 amide bonds. The Morgan fingerprint density at radius 1 is 0.550 bits per heavy atom. The quantitative estimate of drug-likeness (QED) is 0.0466. The molecule has 8 nitrogen and oxygen atoms in total. The highest BCUT2D eigenvalue weighted by atomic mass is 32.2. The fourth-order valence-corrected chi connectivity index (χ4v) is 11.9. The number of aliphatic hydroxyl groups is 2. The van der Waals surface area contributed by atoms with Crippen molar-refractivity contribution in [1.29, 1.82) is 0 Å². The zero-order valence-corrected chi connectivity index (χ0v) is 40.4. The monoisotopic (exact) mass is 885 g/mol. The topological polar surface area (TPSA) is 112 Å². The average Bonchev–Trinajstić information content (AvgIpc) is 3.28. The Kier molecular flexibility index (Phi) is 30.4. The van der Waals surface area contributed by atoms with Crippen LogP contribution in [0.4, 0.5) is 0 Å². The number of carbonyl (C=O) groups is 2. The molecule has 2 N–H and O–H groups in total. The Labute approximate surface area is 376 Å². The minimum absolute atomic E-state index is 0.0449. The second kappa shape index (κ2) is 33.9. The van der Waals surface area contributed by atoms with E-state index in [2.05, 4.69) is 13.8 Å². The van der Waals surface area contributed by atoms with Crippen LogP contribution in [0.1, 0.15) is 232 Å². The van der Waals surface area contributed by atoms with Gasteiger partial charge in [0.2, 0.25) is 0 Å². The van der Waals surface area contributed by atoms with Crippen LogP contribution in [0.2, 0.25) is 0 Å². The number of unbranched alkanes of at least 4 members (excludes halogenated alkanes) is 14.